The Morgan fingerprint density at radius 2 is 1.57 bits per heavy atom. The molecule has 0 saturated carbocycles. The van der Waals surface area contributed by atoms with Crippen molar-refractivity contribution in [2.24, 2.45) is 5.41 Å². The molecule has 288 valence electrons. The predicted octanol–water partition coefficient (Wildman–Crippen LogP) is 6.77. The highest BCUT2D eigenvalue weighted by molar-refractivity contribution is 5.95. The highest BCUT2D eigenvalue weighted by Gasteiger charge is 2.38. The third-order valence-electron chi connectivity index (χ3n) is 10.3. The van der Waals surface area contributed by atoms with Crippen LogP contribution in [0.1, 0.15) is 85.6 Å². The monoisotopic (exact) mass is 727 g/mol. The van der Waals surface area contributed by atoms with Gasteiger partial charge < -0.3 is 19.9 Å². The van der Waals surface area contributed by atoms with Crippen LogP contribution in [-0.2, 0) is 25.5 Å². The van der Waals surface area contributed by atoms with E-state index in [9.17, 15) is 19.2 Å². The number of ether oxygens (including phenoxy) is 1. The summed E-state index contributed by atoms with van der Waals surface area (Å²) in [6, 6.07) is 8.07. The summed E-state index contributed by atoms with van der Waals surface area (Å²) in [7, 11) is 5.12. The summed E-state index contributed by atoms with van der Waals surface area (Å²) < 4.78 is 5.42. The molecule has 4 amide bonds. The van der Waals surface area contributed by atoms with Crippen molar-refractivity contribution in [1.82, 2.24) is 25.1 Å². The first kappa shape index (κ1) is 41.3. The average molecular weight is 728 g/mol. The maximum atomic E-state index is 14.8. The minimum absolute atomic E-state index is 0.160. The van der Waals surface area contributed by atoms with Gasteiger partial charge in [0.05, 0.1) is 0 Å². The molecule has 1 aliphatic heterocycles. The van der Waals surface area contributed by atoms with Gasteiger partial charge in [-0.1, -0.05) is 86.2 Å². The maximum absolute atomic E-state index is 14.8. The fourth-order valence-electron chi connectivity index (χ4n) is 7.08. The molecule has 53 heavy (non-hydrogen) atoms. The highest BCUT2D eigenvalue weighted by Crippen LogP contribution is 2.41. The Morgan fingerprint density at radius 1 is 0.906 bits per heavy atom. The second-order valence-corrected chi connectivity index (χ2v) is 16.5. The van der Waals surface area contributed by atoms with E-state index in [-0.39, 0.29) is 29.6 Å². The number of alkyl carbamates (subject to hydrolysis) is 1. The number of hydrogen-bond donors (Lipinski definition) is 1. The molecule has 1 aromatic rings. The Hall–Kier alpha value is -4.44. The number of rotatable bonds is 13. The molecule has 1 unspecified atom stereocenters. The van der Waals surface area contributed by atoms with Crippen LogP contribution in [0.2, 0.25) is 0 Å². The van der Waals surface area contributed by atoms with Crippen LogP contribution in [0.4, 0.5) is 4.79 Å². The second-order valence-electron chi connectivity index (χ2n) is 16.5. The Bertz CT molecular complexity index is 1630. The summed E-state index contributed by atoms with van der Waals surface area (Å²) in [5, 5.41) is 6.63. The number of nitrogens with zero attached hydrogens (tertiary/aromatic N) is 4. The molecule has 3 atom stereocenters. The third-order valence-corrected chi connectivity index (χ3v) is 10.3. The van der Waals surface area contributed by atoms with Gasteiger partial charge in [0, 0.05) is 58.0 Å². The molecule has 1 saturated heterocycles. The molecular formula is C43H61N5O5. The Kier molecular flexibility index (Phi) is 13.7. The Balaban J connectivity index is 1.61. The van der Waals surface area contributed by atoms with Gasteiger partial charge in [-0.2, -0.15) is 0 Å². The number of likely N-dealkylation sites (N-methyl/N-ethyl adjacent to an activating group) is 3. The van der Waals surface area contributed by atoms with Crippen LogP contribution in [-0.4, -0.2) is 101 Å². The number of nitrogens with one attached hydrogen (secondary N) is 1. The summed E-state index contributed by atoms with van der Waals surface area (Å²) in [6.07, 6.45) is 20.3. The largest absolute Gasteiger partial charge is 0.444 e. The number of carbonyl (C=O) groups is 4. The number of allylic oxidation sites excluding steroid dienone is 7. The topological polar surface area (TPSA) is 102 Å². The first-order chi connectivity index (χ1) is 24.9. The summed E-state index contributed by atoms with van der Waals surface area (Å²) in [6.45, 7) is 12.9. The number of fused-ring (bicyclic) bond motifs is 1. The molecule has 1 N–H and O–H groups in total. The number of carbonyl (C=O) groups excluding carboxylic acids is 4. The lowest BCUT2D eigenvalue weighted by Gasteiger charge is -2.40. The van der Waals surface area contributed by atoms with Crippen molar-refractivity contribution in [3.05, 3.63) is 95.6 Å². The molecule has 3 aliphatic rings. The number of amides is 4. The second kappa shape index (κ2) is 17.6. The zero-order valence-corrected chi connectivity index (χ0v) is 33.4. The van der Waals surface area contributed by atoms with Crippen molar-refractivity contribution in [2.75, 3.05) is 34.2 Å². The van der Waals surface area contributed by atoms with Gasteiger partial charge in [-0.3, -0.25) is 19.4 Å². The van der Waals surface area contributed by atoms with E-state index in [2.05, 4.69) is 47.6 Å². The van der Waals surface area contributed by atoms with Crippen LogP contribution >= 0.6 is 0 Å². The Morgan fingerprint density at radius 3 is 2.23 bits per heavy atom. The van der Waals surface area contributed by atoms with Gasteiger partial charge in [-0.05, 0) is 83.1 Å². The standard InChI is InChI=1S/C43H61N5O5/c1-41(2,3)53-40(52)44-42(4,5)25-18-22-37(49)45(7)35(30-33-23-24-34-21-14-15-26-43(34,6)31-33)38(50)46(8)36(29-32-19-12-10-13-20-32)39(51)47(9)48-27-16-11-17-28-48/h10,12-15,18-24,31,35-36H,11,16-17,25-30H2,1-9H3,(H,44,52)/b22-18+/t35-,36-,43?/m1/s1. The van der Waals surface area contributed by atoms with Crippen LogP contribution < -0.4 is 5.32 Å². The summed E-state index contributed by atoms with van der Waals surface area (Å²) in [4.78, 5) is 58.5. The fourth-order valence-corrected chi connectivity index (χ4v) is 7.08. The lowest BCUT2D eigenvalue weighted by molar-refractivity contribution is -0.158. The predicted molar refractivity (Wildman–Crippen MR) is 210 cm³/mol. The molecule has 0 radical (unpaired) electrons. The lowest BCUT2D eigenvalue weighted by atomic mass is 9.72. The van der Waals surface area contributed by atoms with Crippen molar-refractivity contribution in [1.29, 1.82) is 0 Å². The quantitative estimate of drug-likeness (QED) is 0.225. The molecule has 1 heterocycles. The Labute approximate surface area is 317 Å². The smallest absolute Gasteiger partial charge is 0.408 e. The van der Waals surface area contributed by atoms with E-state index in [0.717, 1.165) is 49.9 Å². The molecule has 0 spiro atoms. The normalized spacial score (nSPS) is 20.1. The van der Waals surface area contributed by atoms with Gasteiger partial charge in [-0.15, -0.1) is 0 Å². The van der Waals surface area contributed by atoms with Crippen molar-refractivity contribution in [3.63, 3.8) is 0 Å². The van der Waals surface area contributed by atoms with E-state index in [0.29, 0.717) is 12.8 Å². The summed E-state index contributed by atoms with van der Waals surface area (Å²) in [5.74, 6) is -0.826. The van der Waals surface area contributed by atoms with Gasteiger partial charge in [0.25, 0.3) is 5.91 Å². The van der Waals surface area contributed by atoms with E-state index in [1.165, 1.54) is 16.5 Å². The molecule has 2 aliphatic carbocycles. The van der Waals surface area contributed by atoms with Crippen molar-refractivity contribution in [2.45, 2.75) is 110 Å². The van der Waals surface area contributed by atoms with Crippen LogP contribution in [0, 0.1) is 5.41 Å². The molecular weight excluding hydrogens is 667 g/mol. The number of hydrogen-bond acceptors (Lipinski definition) is 6. The van der Waals surface area contributed by atoms with Gasteiger partial charge in [0.2, 0.25) is 11.8 Å². The summed E-state index contributed by atoms with van der Waals surface area (Å²) in [5.41, 5.74) is 1.56. The van der Waals surface area contributed by atoms with E-state index in [1.807, 2.05) is 50.3 Å². The van der Waals surface area contributed by atoms with Crippen molar-refractivity contribution in [3.8, 4) is 0 Å². The van der Waals surface area contributed by atoms with Crippen LogP contribution in [0.15, 0.2) is 90.1 Å². The number of hydrazine groups is 1. The molecule has 0 bridgehead atoms. The first-order valence-electron chi connectivity index (χ1n) is 18.9. The summed E-state index contributed by atoms with van der Waals surface area (Å²) >= 11 is 0. The van der Waals surface area contributed by atoms with Gasteiger partial charge in [0.15, 0.2) is 0 Å². The fraction of sp³-hybridized carbons (Fsp3) is 0.535. The molecule has 4 rings (SSSR count). The highest BCUT2D eigenvalue weighted by atomic mass is 16.6. The first-order valence-corrected chi connectivity index (χ1v) is 18.9. The van der Waals surface area contributed by atoms with Gasteiger partial charge in [0.1, 0.15) is 17.7 Å². The van der Waals surface area contributed by atoms with Crippen LogP contribution in [0.3, 0.4) is 0 Å². The van der Waals surface area contributed by atoms with E-state index < -0.39 is 29.3 Å². The minimum atomic E-state index is -0.888. The van der Waals surface area contributed by atoms with Crippen molar-refractivity contribution < 1.29 is 23.9 Å². The molecule has 0 aromatic heterocycles. The molecule has 10 nitrogen and oxygen atoms in total. The molecule has 1 fully saturated rings. The SMILES string of the molecule is CN(C(=O)/C=C/CC(C)(C)NC(=O)OC(C)(C)C)[C@H](CC1=CC2(C)CC=CC=C2C=C1)C(=O)N(C)[C@H](Cc1ccccc1)C(=O)N(C)N1CCCCC1. The van der Waals surface area contributed by atoms with Crippen LogP contribution in [0.25, 0.3) is 0 Å². The van der Waals surface area contributed by atoms with E-state index in [1.54, 1.807) is 57.9 Å². The lowest BCUT2D eigenvalue weighted by Crippen LogP contribution is -2.58. The van der Waals surface area contributed by atoms with Crippen LogP contribution in [0.5, 0.6) is 0 Å². The molecule has 1 aromatic carbocycles. The van der Waals surface area contributed by atoms with E-state index in [4.69, 9.17) is 4.74 Å². The minimum Gasteiger partial charge on any atom is -0.444 e. The zero-order valence-electron chi connectivity index (χ0n) is 33.4. The zero-order chi connectivity index (χ0) is 39.0. The van der Waals surface area contributed by atoms with Gasteiger partial charge >= 0.3 is 6.09 Å². The third kappa shape index (κ3) is 11.5. The average Bonchev–Trinajstić information content (AvgIpc) is 3.10. The number of piperidine rings is 1. The van der Waals surface area contributed by atoms with E-state index >= 15 is 0 Å². The van der Waals surface area contributed by atoms with Crippen molar-refractivity contribution >= 4 is 23.8 Å². The number of benzene rings is 1. The molecule has 10 heteroatoms. The van der Waals surface area contributed by atoms with Gasteiger partial charge in [-0.25, -0.2) is 9.80 Å². The maximum Gasteiger partial charge on any atom is 0.408 e.